The first-order chi connectivity index (χ1) is 18.5. The minimum absolute atomic E-state index is 0.0320. The Morgan fingerprint density at radius 3 is 1.97 bits per heavy atom. The van der Waals surface area contributed by atoms with Crippen LogP contribution in [-0.4, -0.2) is 71.1 Å². The fourth-order valence-corrected chi connectivity index (χ4v) is 3.62. The Balaban J connectivity index is 2.20. The van der Waals surface area contributed by atoms with Crippen LogP contribution in [0, 0.1) is 0 Å². The van der Waals surface area contributed by atoms with Gasteiger partial charge in [-0.25, -0.2) is 0 Å². The number of carbonyl (C=O) groups excluding carboxylic acids is 3. The van der Waals surface area contributed by atoms with Gasteiger partial charge in [-0.2, -0.15) is 0 Å². The Morgan fingerprint density at radius 1 is 0.821 bits per heavy atom. The van der Waals surface area contributed by atoms with Crippen LogP contribution in [0.25, 0.3) is 0 Å². The lowest BCUT2D eigenvalue weighted by Crippen LogP contribution is -2.57. The van der Waals surface area contributed by atoms with Crippen LogP contribution in [0.2, 0.25) is 0 Å². The molecule has 0 aromatic heterocycles. The van der Waals surface area contributed by atoms with Gasteiger partial charge in [-0.1, -0.05) is 42.5 Å². The Morgan fingerprint density at radius 2 is 1.38 bits per heavy atom. The van der Waals surface area contributed by atoms with Crippen molar-refractivity contribution in [2.75, 3.05) is 13.1 Å². The molecule has 0 heterocycles. The number of nitrogens with zero attached hydrogens (tertiary/aromatic N) is 1. The van der Waals surface area contributed by atoms with E-state index in [-0.39, 0.29) is 37.5 Å². The lowest BCUT2D eigenvalue weighted by molar-refractivity contribution is -0.138. The summed E-state index contributed by atoms with van der Waals surface area (Å²) in [5, 5.41) is 26.1. The second-order valence-electron chi connectivity index (χ2n) is 8.85. The topological polar surface area (TPSA) is 235 Å². The summed E-state index contributed by atoms with van der Waals surface area (Å²) in [6.07, 6.45) is 0.810. The molecular formula is C26H35N7O6. The van der Waals surface area contributed by atoms with E-state index in [9.17, 15) is 24.3 Å². The van der Waals surface area contributed by atoms with Gasteiger partial charge in [0.05, 0.1) is 6.04 Å². The average molecular weight is 542 g/mol. The minimum Gasteiger partial charge on any atom is -0.508 e. The van der Waals surface area contributed by atoms with Crippen LogP contribution in [0.1, 0.15) is 24.0 Å². The van der Waals surface area contributed by atoms with Crippen molar-refractivity contribution in [3.05, 3.63) is 65.7 Å². The van der Waals surface area contributed by atoms with E-state index in [2.05, 4.69) is 20.9 Å². The van der Waals surface area contributed by atoms with Gasteiger partial charge in [0.15, 0.2) is 5.96 Å². The van der Waals surface area contributed by atoms with E-state index in [1.165, 1.54) is 12.1 Å². The molecule has 210 valence electrons. The van der Waals surface area contributed by atoms with Crippen molar-refractivity contribution in [1.82, 2.24) is 16.0 Å². The fourth-order valence-electron chi connectivity index (χ4n) is 3.62. The molecule has 3 unspecified atom stereocenters. The van der Waals surface area contributed by atoms with Crippen molar-refractivity contribution in [3.63, 3.8) is 0 Å². The van der Waals surface area contributed by atoms with Gasteiger partial charge < -0.3 is 43.4 Å². The van der Waals surface area contributed by atoms with Crippen molar-refractivity contribution in [2.45, 2.75) is 43.8 Å². The highest BCUT2D eigenvalue weighted by atomic mass is 16.4. The number of carboxylic acids is 1. The SMILES string of the molecule is NC(N)=NCCCC(N)C(=O)NC(Cc1ccc(O)cc1)C(=O)NC(Cc1ccccc1)C(=O)NCC(=O)O. The second kappa shape index (κ2) is 15.6. The monoisotopic (exact) mass is 541 g/mol. The molecule has 11 N–H and O–H groups in total. The third-order valence-corrected chi connectivity index (χ3v) is 5.64. The van der Waals surface area contributed by atoms with E-state index in [0.29, 0.717) is 12.0 Å². The first kappa shape index (κ1) is 30.6. The quantitative estimate of drug-likeness (QED) is 0.0761. The highest BCUT2D eigenvalue weighted by Gasteiger charge is 2.28. The Hall–Kier alpha value is -4.65. The summed E-state index contributed by atoms with van der Waals surface area (Å²) in [6.45, 7) is -0.338. The highest BCUT2D eigenvalue weighted by Crippen LogP contribution is 2.12. The number of hydrogen-bond donors (Lipinski definition) is 8. The molecule has 0 aliphatic heterocycles. The maximum absolute atomic E-state index is 13.4. The Bertz CT molecular complexity index is 1140. The van der Waals surface area contributed by atoms with E-state index in [1.54, 1.807) is 42.5 Å². The lowest BCUT2D eigenvalue weighted by Gasteiger charge is -2.24. The lowest BCUT2D eigenvalue weighted by atomic mass is 10.0. The molecule has 3 atom stereocenters. The first-order valence-corrected chi connectivity index (χ1v) is 12.3. The van der Waals surface area contributed by atoms with Crippen LogP contribution < -0.4 is 33.2 Å². The standard InChI is InChI=1S/C26H35N7O6/c27-19(7-4-12-30-26(28)29)23(37)32-21(14-17-8-10-18(34)11-9-17)25(39)33-20(24(38)31-15-22(35)36)13-16-5-2-1-3-6-16/h1-3,5-6,8-11,19-21,34H,4,7,12-15,27H2,(H,31,38)(H,32,37)(H,33,39)(H,35,36)(H4,28,29,30). The number of carbonyl (C=O) groups is 4. The van der Waals surface area contributed by atoms with Gasteiger partial charge in [0.25, 0.3) is 0 Å². The van der Waals surface area contributed by atoms with Gasteiger partial charge in [0.1, 0.15) is 24.4 Å². The summed E-state index contributed by atoms with van der Waals surface area (Å²) >= 11 is 0. The number of aliphatic carboxylic acids is 1. The van der Waals surface area contributed by atoms with Crippen molar-refractivity contribution < 1.29 is 29.4 Å². The first-order valence-electron chi connectivity index (χ1n) is 12.3. The molecule has 13 nitrogen and oxygen atoms in total. The molecule has 0 spiro atoms. The summed E-state index contributed by atoms with van der Waals surface area (Å²) in [6, 6.07) is 11.7. The zero-order valence-corrected chi connectivity index (χ0v) is 21.4. The van der Waals surface area contributed by atoms with E-state index in [1.807, 2.05) is 0 Å². The molecule has 2 aromatic rings. The maximum atomic E-state index is 13.4. The number of phenols is 1. The Kier molecular flexibility index (Phi) is 12.2. The fraction of sp³-hybridized carbons (Fsp3) is 0.346. The second-order valence-corrected chi connectivity index (χ2v) is 8.85. The van der Waals surface area contributed by atoms with Crippen LogP contribution >= 0.6 is 0 Å². The van der Waals surface area contributed by atoms with Crippen molar-refractivity contribution in [1.29, 1.82) is 0 Å². The number of nitrogens with two attached hydrogens (primary N) is 3. The van der Waals surface area contributed by atoms with E-state index >= 15 is 0 Å². The number of phenolic OH excluding ortho intramolecular Hbond substituents is 1. The number of aliphatic imine (C=N–C) groups is 1. The molecule has 0 radical (unpaired) electrons. The molecule has 2 aromatic carbocycles. The molecule has 0 fully saturated rings. The van der Waals surface area contributed by atoms with Gasteiger partial charge in [-0.3, -0.25) is 24.2 Å². The molecular weight excluding hydrogens is 506 g/mol. The van der Waals surface area contributed by atoms with E-state index in [0.717, 1.165) is 5.56 Å². The van der Waals surface area contributed by atoms with Gasteiger partial charge in [-0.05, 0) is 36.1 Å². The number of amides is 3. The zero-order chi connectivity index (χ0) is 28.8. The highest BCUT2D eigenvalue weighted by molar-refractivity contribution is 5.94. The summed E-state index contributed by atoms with van der Waals surface area (Å²) in [7, 11) is 0. The molecule has 2 rings (SSSR count). The van der Waals surface area contributed by atoms with E-state index < -0.39 is 48.4 Å². The van der Waals surface area contributed by atoms with Crippen molar-refractivity contribution in [3.8, 4) is 5.75 Å². The summed E-state index contributed by atoms with van der Waals surface area (Å²) in [4.78, 5) is 53.8. The molecule has 0 aliphatic carbocycles. The minimum atomic E-state index is -1.24. The predicted octanol–water partition coefficient (Wildman–Crippen LogP) is -1.27. The summed E-state index contributed by atoms with van der Waals surface area (Å²) < 4.78 is 0. The van der Waals surface area contributed by atoms with Crippen molar-refractivity contribution >= 4 is 29.7 Å². The normalized spacial score (nSPS) is 12.8. The molecule has 13 heteroatoms. The summed E-state index contributed by atoms with van der Waals surface area (Å²) in [5.41, 5.74) is 18.0. The van der Waals surface area contributed by atoms with Gasteiger partial charge in [0, 0.05) is 19.4 Å². The Labute approximate surface area is 225 Å². The molecule has 0 bridgehead atoms. The maximum Gasteiger partial charge on any atom is 0.322 e. The van der Waals surface area contributed by atoms with Crippen LogP contribution in [0.3, 0.4) is 0 Å². The van der Waals surface area contributed by atoms with Gasteiger partial charge in [0.2, 0.25) is 17.7 Å². The third kappa shape index (κ3) is 11.5. The number of rotatable bonds is 15. The molecule has 0 saturated heterocycles. The zero-order valence-electron chi connectivity index (χ0n) is 21.4. The smallest absolute Gasteiger partial charge is 0.322 e. The number of aromatic hydroxyl groups is 1. The largest absolute Gasteiger partial charge is 0.508 e. The van der Waals surface area contributed by atoms with Crippen LogP contribution in [0.15, 0.2) is 59.6 Å². The average Bonchev–Trinajstić information content (AvgIpc) is 2.90. The predicted molar refractivity (Wildman–Crippen MR) is 144 cm³/mol. The van der Waals surface area contributed by atoms with Gasteiger partial charge >= 0.3 is 5.97 Å². The molecule has 0 aliphatic rings. The van der Waals surface area contributed by atoms with Gasteiger partial charge in [-0.15, -0.1) is 0 Å². The van der Waals surface area contributed by atoms with Crippen molar-refractivity contribution in [2.24, 2.45) is 22.2 Å². The number of nitrogens with one attached hydrogen (secondary N) is 3. The molecule has 39 heavy (non-hydrogen) atoms. The van der Waals surface area contributed by atoms with Crippen LogP contribution in [0.4, 0.5) is 0 Å². The number of benzene rings is 2. The molecule has 0 saturated carbocycles. The number of hydrogen-bond acceptors (Lipinski definition) is 7. The van der Waals surface area contributed by atoms with E-state index in [4.69, 9.17) is 22.3 Å². The molecule has 3 amide bonds. The third-order valence-electron chi connectivity index (χ3n) is 5.64. The number of guanidine groups is 1. The van der Waals surface area contributed by atoms with Crippen LogP contribution in [-0.2, 0) is 32.0 Å². The number of carboxylic acid groups (broad SMARTS) is 1. The summed E-state index contributed by atoms with van der Waals surface area (Å²) in [5.74, 6) is -3.23. The van der Waals surface area contributed by atoms with Crippen LogP contribution in [0.5, 0.6) is 5.75 Å².